The summed E-state index contributed by atoms with van der Waals surface area (Å²) >= 11 is 3.35. The lowest BCUT2D eigenvalue weighted by molar-refractivity contribution is 0.123. The molecule has 128 valence electrons. The van der Waals surface area contributed by atoms with Gasteiger partial charge < -0.3 is 4.90 Å². The van der Waals surface area contributed by atoms with E-state index in [4.69, 9.17) is 0 Å². The molecule has 0 atom stereocenters. The summed E-state index contributed by atoms with van der Waals surface area (Å²) in [5.74, 6) is -0.486. The second-order valence-electron chi connectivity index (χ2n) is 5.55. The zero-order chi connectivity index (χ0) is 18.0. The lowest BCUT2D eigenvalue weighted by Crippen LogP contribution is -2.29. The fourth-order valence-corrected chi connectivity index (χ4v) is 3.36. The standard InChI is InChI=1S/C20H15BrF3N/c1-13-10-11-15(14-6-3-2-4-7-14)20(25(13)12-18(23)24)19-16(21)8-5-9-17(19)22/h2-11,18H,1,12H2. The van der Waals surface area contributed by atoms with E-state index >= 15 is 0 Å². The zero-order valence-electron chi connectivity index (χ0n) is 13.2. The highest BCUT2D eigenvalue weighted by molar-refractivity contribution is 9.10. The van der Waals surface area contributed by atoms with E-state index in [9.17, 15) is 13.2 Å². The van der Waals surface area contributed by atoms with Gasteiger partial charge in [-0.2, -0.15) is 0 Å². The first-order valence-electron chi connectivity index (χ1n) is 7.66. The highest BCUT2D eigenvalue weighted by Crippen LogP contribution is 2.40. The van der Waals surface area contributed by atoms with Crippen LogP contribution in [0.2, 0.25) is 0 Å². The molecule has 1 aliphatic rings. The molecule has 0 unspecified atom stereocenters. The van der Waals surface area contributed by atoms with E-state index in [0.717, 1.165) is 5.56 Å². The number of alkyl halides is 2. The van der Waals surface area contributed by atoms with Crippen molar-refractivity contribution in [3.63, 3.8) is 0 Å². The summed E-state index contributed by atoms with van der Waals surface area (Å²) in [6.07, 6.45) is 0.873. The summed E-state index contributed by atoms with van der Waals surface area (Å²) in [5.41, 5.74) is 2.50. The molecular formula is C20H15BrF3N. The number of rotatable bonds is 4. The number of allylic oxidation sites excluding steroid dienone is 3. The van der Waals surface area contributed by atoms with Gasteiger partial charge in [-0.05, 0) is 39.7 Å². The van der Waals surface area contributed by atoms with E-state index in [1.54, 1.807) is 24.3 Å². The van der Waals surface area contributed by atoms with Crippen molar-refractivity contribution in [2.75, 3.05) is 6.54 Å². The maximum Gasteiger partial charge on any atom is 0.256 e. The van der Waals surface area contributed by atoms with Crippen LogP contribution < -0.4 is 0 Å². The Morgan fingerprint density at radius 3 is 2.36 bits per heavy atom. The molecule has 0 saturated heterocycles. The monoisotopic (exact) mass is 405 g/mol. The predicted octanol–water partition coefficient (Wildman–Crippen LogP) is 6.11. The van der Waals surface area contributed by atoms with Crippen LogP contribution in [-0.4, -0.2) is 17.9 Å². The van der Waals surface area contributed by atoms with Crippen molar-refractivity contribution in [3.8, 4) is 0 Å². The minimum absolute atomic E-state index is 0.243. The smallest absolute Gasteiger partial charge is 0.256 e. The molecule has 0 N–H and O–H groups in total. The molecular weight excluding hydrogens is 391 g/mol. The molecule has 0 fully saturated rings. The van der Waals surface area contributed by atoms with Crippen LogP contribution in [0, 0.1) is 5.82 Å². The van der Waals surface area contributed by atoms with Gasteiger partial charge in [-0.25, -0.2) is 13.2 Å². The Morgan fingerprint density at radius 1 is 1.00 bits per heavy atom. The number of hydrogen-bond donors (Lipinski definition) is 0. The van der Waals surface area contributed by atoms with Crippen LogP contribution in [-0.2, 0) is 0 Å². The van der Waals surface area contributed by atoms with E-state index < -0.39 is 18.8 Å². The normalized spacial score (nSPS) is 14.6. The minimum Gasteiger partial charge on any atom is -0.335 e. The molecule has 1 nitrogen and oxygen atoms in total. The molecule has 0 bridgehead atoms. The van der Waals surface area contributed by atoms with E-state index in [-0.39, 0.29) is 5.56 Å². The summed E-state index contributed by atoms with van der Waals surface area (Å²) < 4.78 is 41.5. The lowest BCUT2D eigenvalue weighted by Gasteiger charge is -2.33. The van der Waals surface area contributed by atoms with Crippen molar-refractivity contribution in [3.05, 3.63) is 94.4 Å². The molecule has 1 heterocycles. The van der Waals surface area contributed by atoms with Crippen LogP contribution in [0.5, 0.6) is 0 Å². The highest BCUT2D eigenvalue weighted by atomic mass is 79.9. The van der Waals surface area contributed by atoms with Gasteiger partial charge in [-0.15, -0.1) is 0 Å². The summed E-state index contributed by atoms with van der Waals surface area (Å²) in [4.78, 5) is 1.37. The first-order valence-corrected chi connectivity index (χ1v) is 8.45. The first-order chi connectivity index (χ1) is 12.0. The van der Waals surface area contributed by atoms with E-state index in [1.807, 2.05) is 30.3 Å². The van der Waals surface area contributed by atoms with Gasteiger partial charge in [-0.3, -0.25) is 0 Å². The fourth-order valence-electron chi connectivity index (χ4n) is 2.83. The van der Waals surface area contributed by atoms with Gasteiger partial charge in [0.05, 0.1) is 12.2 Å². The molecule has 5 heteroatoms. The van der Waals surface area contributed by atoms with Crippen LogP contribution >= 0.6 is 15.9 Å². The van der Waals surface area contributed by atoms with Crippen LogP contribution in [0.15, 0.2) is 77.4 Å². The second-order valence-corrected chi connectivity index (χ2v) is 6.41. The Labute approximate surface area is 152 Å². The van der Waals surface area contributed by atoms with Gasteiger partial charge in [-0.1, -0.05) is 49.1 Å². The van der Waals surface area contributed by atoms with Gasteiger partial charge in [0.25, 0.3) is 6.43 Å². The van der Waals surface area contributed by atoms with Crippen molar-refractivity contribution in [1.29, 1.82) is 0 Å². The highest BCUT2D eigenvalue weighted by Gasteiger charge is 2.27. The summed E-state index contributed by atoms with van der Waals surface area (Å²) in [7, 11) is 0. The largest absolute Gasteiger partial charge is 0.335 e. The van der Waals surface area contributed by atoms with Crippen LogP contribution in [0.4, 0.5) is 13.2 Å². The number of benzene rings is 2. The Bertz CT molecular complexity index is 836. The van der Waals surface area contributed by atoms with E-state index in [1.165, 1.54) is 11.0 Å². The van der Waals surface area contributed by atoms with Crippen molar-refractivity contribution in [1.82, 2.24) is 4.90 Å². The Balaban J connectivity index is 2.30. The molecule has 2 aromatic carbocycles. The van der Waals surface area contributed by atoms with Gasteiger partial charge in [0.2, 0.25) is 0 Å². The maximum absolute atomic E-state index is 14.6. The van der Waals surface area contributed by atoms with Crippen molar-refractivity contribution in [2.45, 2.75) is 6.43 Å². The van der Waals surface area contributed by atoms with Gasteiger partial charge in [0, 0.05) is 21.3 Å². The quantitative estimate of drug-likeness (QED) is 0.593. The fraction of sp³-hybridized carbons (Fsp3) is 0.100. The van der Waals surface area contributed by atoms with Crippen molar-refractivity contribution < 1.29 is 13.2 Å². The van der Waals surface area contributed by atoms with E-state index in [2.05, 4.69) is 22.5 Å². The summed E-state index contributed by atoms with van der Waals surface area (Å²) in [6.45, 7) is 3.29. The van der Waals surface area contributed by atoms with Gasteiger partial charge in [0.15, 0.2) is 0 Å². The SMILES string of the molecule is C=C1C=CC(c2ccccc2)=C(c2c(F)cccc2Br)N1CC(F)F. The Hall–Kier alpha value is -2.27. The van der Waals surface area contributed by atoms with Gasteiger partial charge in [0.1, 0.15) is 5.82 Å². The lowest BCUT2D eigenvalue weighted by atomic mass is 9.94. The Morgan fingerprint density at radius 2 is 1.72 bits per heavy atom. The molecule has 0 aromatic heterocycles. The van der Waals surface area contributed by atoms with Gasteiger partial charge >= 0.3 is 0 Å². The second kappa shape index (κ2) is 7.31. The topological polar surface area (TPSA) is 3.24 Å². The third-order valence-corrected chi connectivity index (χ3v) is 4.58. The molecule has 0 spiro atoms. The molecule has 3 rings (SSSR count). The van der Waals surface area contributed by atoms with Crippen molar-refractivity contribution >= 4 is 27.2 Å². The molecule has 0 amide bonds. The molecule has 25 heavy (non-hydrogen) atoms. The summed E-state index contributed by atoms with van der Waals surface area (Å²) in [6, 6.07) is 13.9. The zero-order valence-corrected chi connectivity index (χ0v) is 14.8. The van der Waals surface area contributed by atoms with Crippen LogP contribution in [0.25, 0.3) is 11.3 Å². The third kappa shape index (κ3) is 3.56. The minimum atomic E-state index is -2.58. The number of halogens is 4. The number of nitrogens with zero attached hydrogens (tertiary/aromatic N) is 1. The average Bonchev–Trinajstić information content (AvgIpc) is 2.58. The molecule has 0 radical (unpaired) electrons. The molecule has 1 aliphatic heterocycles. The Kier molecular flexibility index (Phi) is 5.13. The molecule has 2 aromatic rings. The van der Waals surface area contributed by atoms with Crippen molar-refractivity contribution in [2.24, 2.45) is 0 Å². The number of hydrogen-bond acceptors (Lipinski definition) is 1. The average molecular weight is 406 g/mol. The van der Waals surface area contributed by atoms with Crippen LogP contribution in [0.1, 0.15) is 11.1 Å². The molecule has 0 aliphatic carbocycles. The molecule has 0 saturated carbocycles. The first kappa shape index (κ1) is 17.5. The summed E-state index contributed by atoms with van der Waals surface area (Å²) in [5, 5.41) is 0. The third-order valence-electron chi connectivity index (χ3n) is 3.92. The predicted molar refractivity (Wildman–Crippen MR) is 98.3 cm³/mol. The van der Waals surface area contributed by atoms with Crippen LogP contribution in [0.3, 0.4) is 0 Å². The van der Waals surface area contributed by atoms with E-state index in [0.29, 0.717) is 21.4 Å². The maximum atomic E-state index is 14.6.